The van der Waals surface area contributed by atoms with Crippen LogP contribution in [0.2, 0.25) is 0 Å². The maximum Gasteiger partial charge on any atom is 0.125 e. The second-order valence-corrected chi connectivity index (χ2v) is 5.51. The van der Waals surface area contributed by atoms with E-state index in [1.165, 1.54) is 27.8 Å². The molecule has 2 rings (SSSR count). The maximum atomic E-state index is 5.71. The van der Waals surface area contributed by atoms with E-state index in [2.05, 4.69) is 39.9 Å². The van der Waals surface area contributed by atoms with E-state index in [1.54, 1.807) is 7.11 Å². The molecule has 1 aliphatic rings. The van der Waals surface area contributed by atoms with Crippen molar-refractivity contribution in [1.29, 1.82) is 0 Å². The average Bonchev–Trinajstić information content (AvgIpc) is 2.37. The number of nitrogens with one attached hydrogen (secondary N) is 1. The molecule has 1 aliphatic heterocycles. The highest BCUT2D eigenvalue weighted by atomic mass is 16.5. The Balaban J connectivity index is 2.77. The molecule has 100 valence electrons. The van der Waals surface area contributed by atoms with Gasteiger partial charge in [0, 0.05) is 18.2 Å². The van der Waals surface area contributed by atoms with Crippen molar-refractivity contribution in [3.63, 3.8) is 0 Å². The molecule has 0 radical (unpaired) electrons. The number of ether oxygens (including phenoxy) is 1. The van der Waals surface area contributed by atoms with Gasteiger partial charge < -0.3 is 10.1 Å². The first-order valence-electron chi connectivity index (χ1n) is 6.93. The Labute approximate surface area is 111 Å². The van der Waals surface area contributed by atoms with E-state index < -0.39 is 0 Å². The highest BCUT2D eigenvalue weighted by Crippen LogP contribution is 2.43. The summed E-state index contributed by atoms with van der Waals surface area (Å²) in [4.78, 5) is 0. The van der Waals surface area contributed by atoms with Gasteiger partial charge in [-0.15, -0.1) is 0 Å². The van der Waals surface area contributed by atoms with Crippen LogP contribution in [0, 0.1) is 20.8 Å². The third kappa shape index (κ3) is 1.83. The fraction of sp³-hybridized carbons (Fsp3) is 0.625. The molecule has 1 aromatic carbocycles. The molecule has 0 amide bonds. The van der Waals surface area contributed by atoms with Crippen LogP contribution in [0.4, 0.5) is 0 Å². The van der Waals surface area contributed by atoms with E-state index in [1.807, 2.05) is 0 Å². The average molecular weight is 247 g/mol. The van der Waals surface area contributed by atoms with Gasteiger partial charge in [0.2, 0.25) is 0 Å². The third-order valence-electron chi connectivity index (χ3n) is 4.53. The van der Waals surface area contributed by atoms with Gasteiger partial charge in [-0.2, -0.15) is 0 Å². The molecule has 0 bridgehead atoms. The number of methoxy groups -OCH3 is 1. The summed E-state index contributed by atoms with van der Waals surface area (Å²) < 4.78 is 5.71. The van der Waals surface area contributed by atoms with Gasteiger partial charge >= 0.3 is 0 Å². The highest BCUT2D eigenvalue weighted by Gasteiger charge is 2.30. The summed E-state index contributed by atoms with van der Waals surface area (Å²) in [6.45, 7) is 12.2. The van der Waals surface area contributed by atoms with Crippen LogP contribution in [0.15, 0.2) is 0 Å². The molecule has 1 aromatic rings. The summed E-state index contributed by atoms with van der Waals surface area (Å²) in [5.74, 6) is 1.64. The molecule has 0 aromatic heterocycles. The summed E-state index contributed by atoms with van der Waals surface area (Å²) >= 11 is 0. The summed E-state index contributed by atoms with van der Waals surface area (Å²) in [5, 5.41) is 3.66. The first kappa shape index (κ1) is 13.4. The molecule has 1 N–H and O–H groups in total. The summed E-state index contributed by atoms with van der Waals surface area (Å²) in [7, 11) is 1.80. The van der Waals surface area contributed by atoms with Gasteiger partial charge in [-0.3, -0.25) is 0 Å². The lowest BCUT2D eigenvalue weighted by Gasteiger charge is -2.35. The lowest BCUT2D eigenvalue weighted by Crippen LogP contribution is -2.33. The zero-order valence-corrected chi connectivity index (χ0v) is 12.5. The zero-order chi connectivity index (χ0) is 13.4. The van der Waals surface area contributed by atoms with E-state index in [9.17, 15) is 0 Å². The van der Waals surface area contributed by atoms with Crippen LogP contribution in [0.25, 0.3) is 0 Å². The minimum absolute atomic E-state index is 0.476. The fourth-order valence-electron chi connectivity index (χ4n) is 3.25. The molecule has 2 heteroatoms. The van der Waals surface area contributed by atoms with Gasteiger partial charge in [0.15, 0.2) is 0 Å². The Morgan fingerprint density at radius 1 is 1.11 bits per heavy atom. The largest absolute Gasteiger partial charge is 0.496 e. The Bertz CT molecular complexity index is 465. The molecule has 0 spiro atoms. The van der Waals surface area contributed by atoms with Crippen LogP contribution < -0.4 is 10.1 Å². The van der Waals surface area contributed by atoms with Gasteiger partial charge in [-0.1, -0.05) is 13.8 Å². The smallest absolute Gasteiger partial charge is 0.125 e. The van der Waals surface area contributed by atoms with Crippen LogP contribution in [-0.2, 0) is 0 Å². The maximum absolute atomic E-state index is 5.71. The van der Waals surface area contributed by atoms with Crippen LogP contribution >= 0.6 is 0 Å². The summed E-state index contributed by atoms with van der Waals surface area (Å²) in [6.07, 6.45) is 1.13. The van der Waals surface area contributed by atoms with Crippen LogP contribution in [0.3, 0.4) is 0 Å². The van der Waals surface area contributed by atoms with Crippen molar-refractivity contribution in [3.8, 4) is 5.75 Å². The standard InChI is InChI=1S/C16H25NO/c1-7-13-15-11(4)10(3)12(5)16(18-6)14(15)9(2)8-17-13/h9,13,17H,7-8H2,1-6H3/t9?,13-/m0/s1. The van der Waals surface area contributed by atoms with Crippen LogP contribution in [0.1, 0.15) is 60.0 Å². The van der Waals surface area contributed by atoms with E-state index in [4.69, 9.17) is 4.74 Å². The molecule has 0 aliphatic carbocycles. The molecule has 1 unspecified atom stereocenters. The van der Waals surface area contributed by atoms with E-state index >= 15 is 0 Å². The first-order valence-corrected chi connectivity index (χ1v) is 6.93. The molecule has 2 nitrogen and oxygen atoms in total. The molecular weight excluding hydrogens is 222 g/mol. The molecule has 18 heavy (non-hydrogen) atoms. The quantitative estimate of drug-likeness (QED) is 0.858. The van der Waals surface area contributed by atoms with Gasteiger partial charge in [0.1, 0.15) is 5.75 Å². The van der Waals surface area contributed by atoms with Gasteiger partial charge in [-0.05, 0) is 55.4 Å². The van der Waals surface area contributed by atoms with Crippen molar-refractivity contribution in [2.24, 2.45) is 0 Å². The van der Waals surface area contributed by atoms with Gasteiger partial charge in [0.05, 0.1) is 7.11 Å². The second-order valence-electron chi connectivity index (χ2n) is 5.51. The van der Waals surface area contributed by atoms with E-state index in [0.29, 0.717) is 12.0 Å². The molecule has 0 saturated carbocycles. The molecule has 0 fully saturated rings. The predicted octanol–water partition coefficient (Wildman–Crippen LogP) is 3.78. The zero-order valence-electron chi connectivity index (χ0n) is 12.5. The van der Waals surface area contributed by atoms with E-state index in [0.717, 1.165) is 18.7 Å². The Hall–Kier alpha value is -1.02. The van der Waals surface area contributed by atoms with Crippen molar-refractivity contribution >= 4 is 0 Å². The first-order chi connectivity index (χ1) is 8.52. The van der Waals surface area contributed by atoms with Crippen molar-refractivity contribution < 1.29 is 4.74 Å². The Morgan fingerprint density at radius 3 is 2.33 bits per heavy atom. The van der Waals surface area contributed by atoms with Crippen LogP contribution in [0.5, 0.6) is 5.75 Å². The molecule has 1 heterocycles. The number of hydrogen-bond acceptors (Lipinski definition) is 2. The predicted molar refractivity (Wildman–Crippen MR) is 76.7 cm³/mol. The second kappa shape index (κ2) is 4.93. The summed E-state index contributed by atoms with van der Waals surface area (Å²) in [5.41, 5.74) is 7.03. The van der Waals surface area contributed by atoms with Gasteiger partial charge in [0.25, 0.3) is 0 Å². The Morgan fingerprint density at radius 2 is 1.78 bits per heavy atom. The van der Waals surface area contributed by atoms with Gasteiger partial charge in [-0.25, -0.2) is 0 Å². The topological polar surface area (TPSA) is 21.3 Å². The SMILES string of the molecule is CC[C@@H]1NCC(C)c2c(OC)c(C)c(C)c(C)c21. The number of fused-ring (bicyclic) bond motifs is 1. The van der Waals surface area contributed by atoms with Crippen molar-refractivity contribution in [1.82, 2.24) is 5.32 Å². The molecule has 0 saturated heterocycles. The minimum Gasteiger partial charge on any atom is -0.496 e. The Kier molecular flexibility index (Phi) is 3.67. The van der Waals surface area contributed by atoms with Crippen molar-refractivity contribution in [2.45, 2.75) is 53.0 Å². The van der Waals surface area contributed by atoms with Crippen molar-refractivity contribution in [3.05, 3.63) is 27.8 Å². The lowest BCUT2D eigenvalue weighted by molar-refractivity contribution is 0.384. The third-order valence-corrected chi connectivity index (χ3v) is 4.53. The number of hydrogen-bond donors (Lipinski definition) is 1. The number of rotatable bonds is 2. The van der Waals surface area contributed by atoms with Crippen LogP contribution in [-0.4, -0.2) is 13.7 Å². The number of benzene rings is 1. The monoisotopic (exact) mass is 247 g/mol. The fourth-order valence-corrected chi connectivity index (χ4v) is 3.25. The highest BCUT2D eigenvalue weighted by molar-refractivity contribution is 5.57. The molecule has 2 atom stereocenters. The molecular formula is C16H25NO. The van der Waals surface area contributed by atoms with Crippen molar-refractivity contribution in [2.75, 3.05) is 13.7 Å². The normalized spacial score (nSPS) is 22.8. The summed E-state index contributed by atoms with van der Waals surface area (Å²) in [6, 6.07) is 0.476. The van der Waals surface area contributed by atoms with E-state index in [-0.39, 0.29) is 0 Å². The minimum atomic E-state index is 0.476. The lowest BCUT2D eigenvalue weighted by atomic mass is 9.80.